The van der Waals surface area contributed by atoms with Gasteiger partial charge in [0.05, 0.1) is 0 Å². The molecule has 0 unspecified atom stereocenters. The summed E-state index contributed by atoms with van der Waals surface area (Å²) in [6.45, 7) is 28.5. The first kappa shape index (κ1) is 18.0. The van der Waals surface area contributed by atoms with Gasteiger partial charge in [0.15, 0.2) is 0 Å². The van der Waals surface area contributed by atoms with Crippen molar-refractivity contribution in [2.24, 2.45) is 10.8 Å². The van der Waals surface area contributed by atoms with Gasteiger partial charge in [-0.25, -0.2) is 0 Å². The molecule has 0 saturated carbocycles. The fourth-order valence-electron chi connectivity index (χ4n) is 3.02. The minimum atomic E-state index is -1.69. The van der Waals surface area contributed by atoms with Crippen LogP contribution in [0.1, 0.15) is 41.5 Å². The number of hydrogen-bond acceptors (Lipinski definition) is 1. The van der Waals surface area contributed by atoms with Gasteiger partial charge in [-0.3, -0.25) is 0 Å². The molecule has 1 aliphatic carbocycles. The number of allylic oxidation sites excluding steroid dienone is 5. The summed E-state index contributed by atoms with van der Waals surface area (Å²) < 4.78 is 6.33. The highest BCUT2D eigenvalue weighted by Crippen LogP contribution is 2.55. The quantitative estimate of drug-likeness (QED) is 0.341. The van der Waals surface area contributed by atoms with Crippen LogP contribution in [0.3, 0.4) is 0 Å². The summed E-state index contributed by atoms with van der Waals surface area (Å²) in [5, 5.41) is 0. The lowest BCUT2D eigenvalue weighted by molar-refractivity contribution is 0.376. The molecule has 2 heteroatoms. The lowest BCUT2D eigenvalue weighted by Gasteiger charge is -2.46. The molecule has 0 heterocycles. The summed E-state index contributed by atoms with van der Waals surface area (Å²) in [6, 6.07) is 0. The van der Waals surface area contributed by atoms with E-state index in [0.29, 0.717) is 0 Å². The Hall–Kier alpha value is -1.02. The second kappa shape index (κ2) is 5.31. The minimum Gasteiger partial charge on any atom is -0.544 e. The predicted octanol–water partition coefficient (Wildman–Crippen LogP) is 6.24. The standard InChI is InChI=1S/C19H32OSi/c1-12-16(20-21(9,10)11)17-15(4)18(5,6)13(2)14(3)19(17,7)8/h12H,1,4H2,2-3,5-11H3/b17-16-. The molecule has 1 rings (SSSR count). The van der Waals surface area contributed by atoms with E-state index in [-0.39, 0.29) is 10.8 Å². The van der Waals surface area contributed by atoms with Gasteiger partial charge in [-0.2, -0.15) is 0 Å². The average Bonchev–Trinajstić information content (AvgIpc) is 2.32. The second-order valence-corrected chi connectivity index (χ2v) is 12.6. The van der Waals surface area contributed by atoms with Crippen LogP contribution in [0.2, 0.25) is 19.6 Å². The zero-order chi connectivity index (χ0) is 16.8. The Morgan fingerprint density at radius 1 is 1.00 bits per heavy atom. The third-order valence-corrected chi connectivity index (χ3v) is 5.80. The van der Waals surface area contributed by atoms with E-state index in [0.717, 1.165) is 11.3 Å². The SMILES string of the molecule is C=C/C(O[Si](C)(C)C)=C1\C(=C)C(C)(C)C(C)=C(C)C1(C)C. The van der Waals surface area contributed by atoms with Crippen molar-refractivity contribution < 1.29 is 4.43 Å². The molecule has 0 aliphatic heterocycles. The summed E-state index contributed by atoms with van der Waals surface area (Å²) >= 11 is 0. The van der Waals surface area contributed by atoms with Crippen LogP contribution < -0.4 is 0 Å². The van der Waals surface area contributed by atoms with Gasteiger partial charge >= 0.3 is 0 Å². The molecule has 0 aromatic heterocycles. The van der Waals surface area contributed by atoms with E-state index >= 15 is 0 Å². The fraction of sp³-hybridized carbons (Fsp3) is 0.579. The maximum absolute atomic E-state index is 6.33. The van der Waals surface area contributed by atoms with Gasteiger partial charge in [-0.15, -0.1) is 0 Å². The first-order valence-corrected chi connectivity index (χ1v) is 11.1. The Labute approximate surface area is 132 Å². The van der Waals surface area contributed by atoms with Crippen LogP contribution in [0, 0.1) is 10.8 Å². The van der Waals surface area contributed by atoms with Crippen molar-refractivity contribution >= 4 is 8.32 Å². The lowest BCUT2D eigenvalue weighted by atomic mass is 9.58. The highest BCUT2D eigenvalue weighted by Gasteiger charge is 2.43. The van der Waals surface area contributed by atoms with Crippen LogP contribution in [0.5, 0.6) is 0 Å². The summed E-state index contributed by atoms with van der Waals surface area (Å²) in [7, 11) is -1.69. The van der Waals surface area contributed by atoms with E-state index < -0.39 is 8.32 Å². The zero-order valence-corrected chi connectivity index (χ0v) is 16.4. The molecule has 0 atom stereocenters. The molecule has 1 nitrogen and oxygen atoms in total. The Kier molecular flexibility index (Phi) is 4.56. The molecule has 0 radical (unpaired) electrons. The largest absolute Gasteiger partial charge is 0.544 e. The van der Waals surface area contributed by atoms with Crippen LogP contribution >= 0.6 is 0 Å². The van der Waals surface area contributed by atoms with Crippen molar-refractivity contribution in [2.75, 3.05) is 0 Å². The fourth-order valence-corrected chi connectivity index (χ4v) is 3.87. The molecule has 0 fully saturated rings. The van der Waals surface area contributed by atoms with E-state index in [2.05, 4.69) is 74.3 Å². The molecule has 0 N–H and O–H groups in total. The summed E-state index contributed by atoms with van der Waals surface area (Å²) in [4.78, 5) is 0. The highest BCUT2D eigenvalue weighted by molar-refractivity contribution is 6.70. The van der Waals surface area contributed by atoms with Gasteiger partial charge in [0.25, 0.3) is 0 Å². The Morgan fingerprint density at radius 2 is 1.43 bits per heavy atom. The molecule has 0 bridgehead atoms. The maximum Gasteiger partial charge on any atom is 0.242 e. The molecule has 0 aromatic carbocycles. The van der Waals surface area contributed by atoms with Gasteiger partial charge in [-0.1, -0.05) is 52.0 Å². The van der Waals surface area contributed by atoms with E-state index in [1.165, 1.54) is 16.7 Å². The highest BCUT2D eigenvalue weighted by atomic mass is 28.4. The molecule has 118 valence electrons. The topological polar surface area (TPSA) is 9.23 Å². The summed E-state index contributed by atoms with van der Waals surface area (Å²) in [5.74, 6) is 0.920. The minimum absolute atomic E-state index is 0.0357. The van der Waals surface area contributed by atoms with Crippen molar-refractivity contribution in [3.8, 4) is 0 Å². The molecular formula is C19H32OSi. The van der Waals surface area contributed by atoms with Gasteiger partial charge < -0.3 is 4.43 Å². The van der Waals surface area contributed by atoms with Crippen molar-refractivity contribution in [1.82, 2.24) is 0 Å². The van der Waals surface area contributed by atoms with Crippen molar-refractivity contribution in [2.45, 2.75) is 61.2 Å². The number of hydrogen-bond donors (Lipinski definition) is 0. The molecular weight excluding hydrogens is 272 g/mol. The van der Waals surface area contributed by atoms with E-state index in [1.54, 1.807) is 0 Å². The van der Waals surface area contributed by atoms with E-state index in [4.69, 9.17) is 4.43 Å². The Bertz CT molecular complexity index is 536. The van der Waals surface area contributed by atoms with Crippen molar-refractivity contribution in [3.63, 3.8) is 0 Å². The maximum atomic E-state index is 6.33. The first-order valence-electron chi connectivity index (χ1n) is 7.71. The van der Waals surface area contributed by atoms with Crippen LogP contribution in [-0.4, -0.2) is 8.32 Å². The second-order valence-electron chi connectivity index (χ2n) is 8.14. The van der Waals surface area contributed by atoms with Gasteiger partial charge in [0, 0.05) is 16.4 Å². The third-order valence-electron chi connectivity index (χ3n) is 4.97. The van der Waals surface area contributed by atoms with E-state index in [1.807, 2.05) is 6.08 Å². The third kappa shape index (κ3) is 3.10. The average molecular weight is 305 g/mol. The van der Waals surface area contributed by atoms with Gasteiger partial charge in [-0.05, 0) is 45.1 Å². The van der Waals surface area contributed by atoms with Crippen LogP contribution in [0.15, 0.2) is 47.3 Å². The van der Waals surface area contributed by atoms with Crippen LogP contribution in [0.25, 0.3) is 0 Å². The summed E-state index contributed by atoms with van der Waals surface area (Å²) in [5.41, 5.74) is 5.09. The molecule has 1 aliphatic rings. The smallest absolute Gasteiger partial charge is 0.242 e. The normalized spacial score (nSPS) is 24.0. The summed E-state index contributed by atoms with van der Waals surface area (Å²) in [6.07, 6.45) is 1.87. The zero-order valence-electron chi connectivity index (χ0n) is 15.4. The van der Waals surface area contributed by atoms with Crippen molar-refractivity contribution in [1.29, 1.82) is 0 Å². The van der Waals surface area contributed by atoms with Gasteiger partial charge in [0.2, 0.25) is 8.32 Å². The Morgan fingerprint density at radius 3 is 1.81 bits per heavy atom. The number of rotatable bonds is 3. The van der Waals surface area contributed by atoms with E-state index in [9.17, 15) is 0 Å². The molecule has 0 amide bonds. The molecule has 0 aromatic rings. The lowest BCUT2D eigenvalue weighted by Crippen LogP contribution is -2.35. The van der Waals surface area contributed by atoms with Crippen LogP contribution in [0.4, 0.5) is 0 Å². The molecule has 21 heavy (non-hydrogen) atoms. The van der Waals surface area contributed by atoms with Crippen LogP contribution in [-0.2, 0) is 4.43 Å². The molecule has 0 saturated heterocycles. The predicted molar refractivity (Wildman–Crippen MR) is 96.7 cm³/mol. The first-order chi connectivity index (χ1) is 9.26. The Balaban J connectivity index is 3.68. The van der Waals surface area contributed by atoms with Gasteiger partial charge in [0.1, 0.15) is 5.76 Å². The van der Waals surface area contributed by atoms with Crippen molar-refractivity contribution in [3.05, 3.63) is 47.3 Å². The molecule has 0 spiro atoms. The monoisotopic (exact) mass is 304 g/mol.